The number of halogens is 3. The first-order chi connectivity index (χ1) is 15.6. The highest BCUT2D eigenvalue weighted by Crippen LogP contribution is 2.38. The van der Waals surface area contributed by atoms with Gasteiger partial charge in [0.25, 0.3) is 0 Å². The molecule has 1 rings (SSSR count). The Morgan fingerprint density at radius 2 is 1.38 bits per heavy atom. The van der Waals surface area contributed by atoms with E-state index in [2.05, 4.69) is 45.0 Å². The van der Waals surface area contributed by atoms with Gasteiger partial charge in [-0.15, -0.1) is 0 Å². The Hall–Kier alpha value is -1.26. The highest BCUT2D eigenvalue weighted by Gasteiger charge is 2.48. The number of unbranched alkanes of at least 4 members (excludes halogenated alkanes) is 7. The van der Waals surface area contributed by atoms with Crippen molar-refractivity contribution in [3.63, 3.8) is 0 Å². The van der Waals surface area contributed by atoms with Crippen LogP contribution in [0.5, 0.6) is 11.5 Å². The maximum atomic E-state index is 12.8. The van der Waals surface area contributed by atoms with Crippen molar-refractivity contribution in [3.8, 4) is 11.5 Å². The molecule has 0 aliphatic carbocycles. The Morgan fingerprint density at radius 1 is 0.853 bits per heavy atom. The van der Waals surface area contributed by atoms with E-state index >= 15 is 0 Å². The van der Waals surface area contributed by atoms with Crippen molar-refractivity contribution in [2.75, 3.05) is 6.61 Å². The zero-order valence-corrected chi connectivity index (χ0v) is 23.2. The summed E-state index contributed by atoms with van der Waals surface area (Å²) in [6.07, 6.45) is 9.01. The summed E-state index contributed by atoms with van der Waals surface area (Å²) < 4.78 is 77.7. The van der Waals surface area contributed by atoms with Crippen LogP contribution in [0.1, 0.15) is 84.6 Å². The third-order valence-electron chi connectivity index (χ3n) is 6.10. The molecule has 0 radical (unpaired) electrons. The predicted molar refractivity (Wildman–Crippen MR) is 132 cm³/mol. The fraction of sp³-hybridized carbons (Fsp3) is 0.750. The molecular formula is C24H41F3O5SSi. The van der Waals surface area contributed by atoms with Crippen LogP contribution >= 0.6 is 0 Å². The number of rotatable bonds is 15. The molecule has 1 aromatic carbocycles. The van der Waals surface area contributed by atoms with Gasteiger partial charge < -0.3 is 13.3 Å². The molecule has 0 atom stereocenters. The molecule has 0 aliphatic heterocycles. The van der Waals surface area contributed by atoms with Crippen molar-refractivity contribution in [2.24, 2.45) is 0 Å². The van der Waals surface area contributed by atoms with Crippen LogP contribution in [0.2, 0.25) is 18.1 Å². The molecular weight excluding hydrogens is 485 g/mol. The van der Waals surface area contributed by atoms with Crippen LogP contribution in [0.3, 0.4) is 0 Å². The first-order valence-electron chi connectivity index (χ1n) is 12.0. The summed E-state index contributed by atoms with van der Waals surface area (Å²) in [5.74, 6) is -0.189. The van der Waals surface area contributed by atoms with Crippen LogP contribution in [-0.4, -0.2) is 28.9 Å². The van der Waals surface area contributed by atoms with Crippen LogP contribution in [0.4, 0.5) is 13.2 Å². The fourth-order valence-corrected chi connectivity index (χ4v) is 4.33. The monoisotopic (exact) mass is 526 g/mol. The van der Waals surface area contributed by atoms with Crippen LogP contribution < -0.4 is 8.92 Å². The molecule has 0 spiro atoms. The fourth-order valence-electron chi connectivity index (χ4n) is 2.93. The number of benzene rings is 1. The van der Waals surface area contributed by atoms with Crippen LogP contribution in [0.25, 0.3) is 0 Å². The average Bonchev–Trinajstić information content (AvgIpc) is 2.69. The first-order valence-corrected chi connectivity index (χ1v) is 16.3. The second-order valence-corrected chi connectivity index (χ2v) is 16.5. The molecule has 0 saturated heterocycles. The van der Waals surface area contributed by atoms with Crippen molar-refractivity contribution in [1.29, 1.82) is 0 Å². The SMILES string of the molecule is CCCCCCCCCCOc1cc(CO[Si](C)(C)C(C)(C)C)cc(OS(=O)(=O)C(F)(F)F)c1. The summed E-state index contributed by atoms with van der Waals surface area (Å²) in [6, 6.07) is 4.08. The van der Waals surface area contributed by atoms with Gasteiger partial charge in [-0.3, -0.25) is 0 Å². The Kier molecular flexibility index (Phi) is 11.9. The summed E-state index contributed by atoms with van der Waals surface area (Å²) in [5, 5.41) is -0.0589. The van der Waals surface area contributed by atoms with E-state index < -0.39 is 29.7 Å². The highest BCUT2D eigenvalue weighted by atomic mass is 32.2. The van der Waals surface area contributed by atoms with Gasteiger partial charge in [0.2, 0.25) is 0 Å². The third-order valence-corrected chi connectivity index (χ3v) is 11.6. The predicted octanol–water partition coefficient (Wildman–Crippen LogP) is 7.96. The standard InChI is InChI=1S/C24H41F3O5SSi/c1-7-8-9-10-11-12-13-14-15-30-21-16-20(19-31-34(5,6)23(2,3)4)17-22(18-21)32-33(28,29)24(25,26)27/h16-18H,7-15,19H2,1-6H3. The molecule has 34 heavy (non-hydrogen) atoms. The van der Waals surface area contributed by atoms with E-state index in [4.69, 9.17) is 9.16 Å². The van der Waals surface area contributed by atoms with E-state index in [0.29, 0.717) is 12.2 Å². The largest absolute Gasteiger partial charge is 0.534 e. The Labute approximate surface area is 204 Å². The molecule has 0 heterocycles. The van der Waals surface area contributed by atoms with Gasteiger partial charge in [-0.1, -0.05) is 72.6 Å². The molecule has 10 heteroatoms. The maximum Gasteiger partial charge on any atom is 0.534 e. The molecule has 0 fully saturated rings. The lowest BCUT2D eigenvalue weighted by atomic mass is 10.1. The quantitative estimate of drug-likeness (QED) is 0.100. The minimum atomic E-state index is -5.78. The van der Waals surface area contributed by atoms with E-state index in [9.17, 15) is 21.6 Å². The number of hydrogen-bond acceptors (Lipinski definition) is 5. The summed E-state index contributed by atoms with van der Waals surface area (Å²) >= 11 is 0. The van der Waals surface area contributed by atoms with Crippen LogP contribution in [0.15, 0.2) is 18.2 Å². The normalized spacial score (nSPS) is 13.2. The Balaban J connectivity index is 2.85. The van der Waals surface area contributed by atoms with Gasteiger partial charge in [-0.25, -0.2) is 0 Å². The molecule has 198 valence electrons. The molecule has 0 aromatic heterocycles. The van der Waals surface area contributed by atoms with E-state index in [1.54, 1.807) is 6.07 Å². The second kappa shape index (κ2) is 13.2. The summed E-state index contributed by atoms with van der Waals surface area (Å²) in [7, 11) is -7.91. The zero-order valence-electron chi connectivity index (χ0n) is 21.4. The lowest BCUT2D eigenvalue weighted by Crippen LogP contribution is -2.40. The van der Waals surface area contributed by atoms with E-state index in [-0.39, 0.29) is 17.4 Å². The minimum Gasteiger partial charge on any atom is -0.493 e. The number of ether oxygens (including phenoxy) is 1. The third kappa shape index (κ3) is 10.6. The van der Waals surface area contributed by atoms with Gasteiger partial charge in [0, 0.05) is 6.07 Å². The lowest BCUT2D eigenvalue weighted by molar-refractivity contribution is -0.0500. The van der Waals surface area contributed by atoms with E-state index in [1.807, 2.05) is 0 Å². The van der Waals surface area contributed by atoms with Gasteiger partial charge in [0.05, 0.1) is 13.2 Å². The second-order valence-electron chi connectivity index (χ2n) is 10.2. The van der Waals surface area contributed by atoms with Crippen molar-refractivity contribution >= 4 is 18.4 Å². The van der Waals surface area contributed by atoms with Crippen LogP contribution in [-0.2, 0) is 21.2 Å². The molecule has 0 bridgehead atoms. The Bertz CT molecular complexity index is 849. The molecule has 5 nitrogen and oxygen atoms in total. The molecule has 0 N–H and O–H groups in total. The molecule has 0 amide bonds. The Morgan fingerprint density at radius 3 is 1.91 bits per heavy atom. The number of hydrogen-bond donors (Lipinski definition) is 0. The average molecular weight is 527 g/mol. The maximum absolute atomic E-state index is 12.8. The summed E-state index contributed by atoms with van der Waals surface area (Å²) in [4.78, 5) is 0. The highest BCUT2D eigenvalue weighted by molar-refractivity contribution is 7.88. The van der Waals surface area contributed by atoms with Gasteiger partial charge in [-0.2, -0.15) is 21.6 Å². The lowest BCUT2D eigenvalue weighted by Gasteiger charge is -2.36. The van der Waals surface area contributed by atoms with Crippen molar-refractivity contribution in [3.05, 3.63) is 23.8 Å². The van der Waals surface area contributed by atoms with Gasteiger partial charge in [0.15, 0.2) is 8.32 Å². The molecule has 0 unspecified atom stereocenters. The topological polar surface area (TPSA) is 61.8 Å². The molecule has 1 aromatic rings. The summed E-state index contributed by atoms with van der Waals surface area (Å²) in [5.41, 5.74) is -5.02. The van der Waals surface area contributed by atoms with Crippen molar-refractivity contribution < 1.29 is 34.9 Å². The van der Waals surface area contributed by atoms with Gasteiger partial charge in [-0.05, 0) is 42.2 Å². The smallest absolute Gasteiger partial charge is 0.493 e. The summed E-state index contributed by atoms with van der Waals surface area (Å²) in [6.45, 7) is 13.0. The van der Waals surface area contributed by atoms with Gasteiger partial charge >= 0.3 is 15.6 Å². The van der Waals surface area contributed by atoms with Gasteiger partial charge in [0.1, 0.15) is 11.5 Å². The van der Waals surface area contributed by atoms with Crippen LogP contribution in [0, 0.1) is 0 Å². The zero-order chi connectivity index (χ0) is 26.0. The minimum absolute atomic E-state index is 0.0589. The molecule has 0 saturated carbocycles. The molecule has 0 aliphatic rings. The van der Waals surface area contributed by atoms with Crippen molar-refractivity contribution in [2.45, 2.75) is 109 Å². The van der Waals surface area contributed by atoms with E-state index in [0.717, 1.165) is 19.3 Å². The van der Waals surface area contributed by atoms with E-state index in [1.165, 1.54) is 44.2 Å². The number of alkyl halides is 3. The van der Waals surface area contributed by atoms with Crippen molar-refractivity contribution in [1.82, 2.24) is 0 Å². The first kappa shape index (κ1) is 30.8.